The number of hydrogen-bond acceptors (Lipinski definition) is 6. The zero-order chi connectivity index (χ0) is 9.30. The summed E-state index contributed by atoms with van der Waals surface area (Å²) >= 11 is 0. The van der Waals surface area contributed by atoms with E-state index in [1.165, 1.54) is 0 Å². The van der Waals surface area contributed by atoms with E-state index in [1.54, 1.807) is 0 Å². The molecule has 12 heavy (non-hydrogen) atoms. The van der Waals surface area contributed by atoms with Crippen LogP contribution in [-0.2, 0) is 4.74 Å². The van der Waals surface area contributed by atoms with E-state index >= 15 is 0 Å². The molecule has 1 fully saturated rings. The van der Waals surface area contributed by atoms with E-state index in [2.05, 4.69) is 4.74 Å². The van der Waals surface area contributed by atoms with Crippen molar-refractivity contribution >= 4 is 0 Å². The van der Waals surface area contributed by atoms with Gasteiger partial charge in [-0.2, -0.15) is 0 Å². The van der Waals surface area contributed by atoms with Gasteiger partial charge in [0.25, 0.3) is 0 Å². The maximum Gasteiger partial charge on any atom is 0.183 e. The second-order valence-electron chi connectivity index (χ2n) is 2.81. The van der Waals surface area contributed by atoms with Crippen molar-refractivity contribution < 1.29 is 25.2 Å². The number of ether oxygens (including phenoxy) is 1. The minimum absolute atomic E-state index is 0.446. The van der Waals surface area contributed by atoms with E-state index in [0.717, 1.165) is 0 Å². The molecule has 0 aromatic carbocycles. The fourth-order valence-electron chi connectivity index (χ4n) is 1.13. The third kappa shape index (κ3) is 1.58. The summed E-state index contributed by atoms with van der Waals surface area (Å²) < 4.78 is 4.66. The molecule has 0 radical (unpaired) electrons. The fourth-order valence-corrected chi connectivity index (χ4v) is 1.13. The normalized spacial score (nSPS) is 49.2. The van der Waals surface area contributed by atoms with E-state index in [-0.39, 0.29) is 0 Å². The Morgan fingerprint density at radius 1 is 1.17 bits per heavy atom. The predicted octanol–water partition coefficient (Wildman–Crippen LogP) is -3.25. The van der Waals surface area contributed by atoms with Crippen LogP contribution in [0.1, 0.15) is 0 Å². The van der Waals surface area contributed by atoms with Gasteiger partial charge >= 0.3 is 0 Å². The minimum atomic E-state index is -1.44. The number of aliphatic hydroxyl groups is 4. The Labute approximate surface area is 69.2 Å². The third-order valence-corrected chi connectivity index (χ3v) is 1.96. The summed E-state index contributed by atoms with van der Waals surface area (Å²) in [7, 11) is 0. The Balaban J connectivity index is 2.63. The topological polar surface area (TPSA) is 116 Å². The Hall–Kier alpha value is -0.240. The van der Waals surface area contributed by atoms with Crippen molar-refractivity contribution in [3.63, 3.8) is 0 Å². The molecule has 1 heterocycles. The highest BCUT2D eigenvalue weighted by Crippen LogP contribution is 2.17. The molecule has 5 atom stereocenters. The van der Waals surface area contributed by atoms with Crippen LogP contribution in [0.3, 0.4) is 0 Å². The first-order valence-electron chi connectivity index (χ1n) is 3.64. The van der Waals surface area contributed by atoms with Crippen LogP contribution in [0.4, 0.5) is 0 Å². The van der Waals surface area contributed by atoms with Crippen molar-refractivity contribution in [2.24, 2.45) is 5.73 Å². The lowest BCUT2D eigenvalue weighted by Gasteiger charge is -2.38. The summed E-state index contributed by atoms with van der Waals surface area (Å²) in [5.41, 5.74) is 5.33. The van der Waals surface area contributed by atoms with Crippen LogP contribution in [-0.4, -0.2) is 57.7 Å². The Bertz CT molecular complexity index is 150. The van der Waals surface area contributed by atoms with Crippen LogP contribution in [0.2, 0.25) is 0 Å². The number of hydrogen-bond donors (Lipinski definition) is 5. The van der Waals surface area contributed by atoms with Gasteiger partial charge in [-0.25, -0.2) is 0 Å². The highest BCUT2D eigenvalue weighted by atomic mass is 16.6. The zero-order valence-corrected chi connectivity index (χ0v) is 6.37. The van der Waals surface area contributed by atoms with Gasteiger partial charge in [0, 0.05) is 0 Å². The van der Waals surface area contributed by atoms with Gasteiger partial charge in [0.05, 0.1) is 12.6 Å². The quantitative estimate of drug-likeness (QED) is 0.288. The van der Waals surface area contributed by atoms with Gasteiger partial charge in [0.2, 0.25) is 0 Å². The maximum atomic E-state index is 9.24. The minimum Gasteiger partial charge on any atom is -0.394 e. The summed E-state index contributed by atoms with van der Waals surface area (Å²) in [4.78, 5) is 0. The number of nitrogens with two attached hydrogens (primary N) is 1. The molecule has 6 nitrogen and oxygen atoms in total. The van der Waals surface area contributed by atoms with Gasteiger partial charge in [0.1, 0.15) is 18.3 Å². The standard InChI is InChI=1S/C6H13NO5/c7-3-4(9)2(1-8)12-6(11)5(3)10/h2-6,8-11H,1,7H2/t2-,3+,4+,5+,6?/m0/s1. The molecule has 1 saturated heterocycles. The predicted molar refractivity (Wildman–Crippen MR) is 38.0 cm³/mol. The molecule has 0 saturated carbocycles. The first kappa shape index (κ1) is 9.85. The van der Waals surface area contributed by atoms with E-state index in [1.807, 2.05) is 0 Å². The lowest BCUT2D eigenvalue weighted by atomic mass is 9.97. The average molecular weight is 179 g/mol. The Kier molecular flexibility index (Phi) is 2.99. The maximum absolute atomic E-state index is 9.24. The molecule has 0 aliphatic carbocycles. The van der Waals surface area contributed by atoms with E-state index in [4.69, 9.17) is 21.1 Å². The number of rotatable bonds is 1. The van der Waals surface area contributed by atoms with Crippen LogP contribution in [0, 0.1) is 0 Å². The van der Waals surface area contributed by atoms with Crippen LogP contribution in [0.5, 0.6) is 0 Å². The molecule has 6 N–H and O–H groups in total. The lowest BCUT2D eigenvalue weighted by Crippen LogP contribution is -2.62. The van der Waals surface area contributed by atoms with E-state index in [9.17, 15) is 5.11 Å². The first-order valence-corrected chi connectivity index (χ1v) is 3.64. The third-order valence-electron chi connectivity index (χ3n) is 1.96. The molecular formula is C6H13NO5. The molecule has 72 valence electrons. The van der Waals surface area contributed by atoms with Crippen LogP contribution in [0.25, 0.3) is 0 Å². The van der Waals surface area contributed by atoms with Crippen molar-refractivity contribution in [1.82, 2.24) is 0 Å². The molecule has 1 aliphatic rings. The average Bonchev–Trinajstić information content (AvgIpc) is 2.08. The van der Waals surface area contributed by atoms with Crippen molar-refractivity contribution in [2.45, 2.75) is 30.6 Å². The second-order valence-corrected chi connectivity index (χ2v) is 2.81. The Morgan fingerprint density at radius 2 is 1.75 bits per heavy atom. The first-order chi connectivity index (χ1) is 5.57. The van der Waals surface area contributed by atoms with E-state index in [0.29, 0.717) is 0 Å². The summed E-state index contributed by atoms with van der Waals surface area (Å²) in [6.45, 7) is -0.446. The van der Waals surface area contributed by atoms with Crippen molar-refractivity contribution in [2.75, 3.05) is 6.61 Å². The molecular weight excluding hydrogens is 166 g/mol. The summed E-state index contributed by atoms with van der Waals surface area (Å²) in [5, 5.41) is 36.0. The summed E-state index contributed by atoms with van der Waals surface area (Å²) in [6.07, 6.45) is -4.85. The summed E-state index contributed by atoms with van der Waals surface area (Å²) in [6, 6.07) is -0.995. The molecule has 0 amide bonds. The van der Waals surface area contributed by atoms with E-state index < -0.39 is 37.3 Å². The fraction of sp³-hybridized carbons (Fsp3) is 1.00. The molecule has 0 bridgehead atoms. The molecule has 0 aromatic rings. The number of aliphatic hydroxyl groups excluding tert-OH is 4. The molecule has 6 heteroatoms. The highest BCUT2D eigenvalue weighted by Gasteiger charge is 2.41. The summed E-state index contributed by atoms with van der Waals surface area (Å²) in [5.74, 6) is 0. The molecule has 0 aromatic heterocycles. The van der Waals surface area contributed by atoms with Crippen LogP contribution < -0.4 is 5.73 Å². The SMILES string of the molecule is N[C@@H]1[C@H](O)[C@H](CO)OC(O)[C@@H]1O. The van der Waals surface area contributed by atoms with Gasteiger partial charge in [-0.1, -0.05) is 0 Å². The van der Waals surface area contributed by atoms with Crippen molar-refractivity contribution in [1.29, 1.82) is 0 Å². The smallest absolute Gasteiger partial charge is 0.183 e. The van der Waals surface area contributed by atoms with Gasteiger partial charge in [0.15, 0.2) is 6.29 Å². The van der Waals surface area contributed by atoms with Gasteiger partial charge in [-0.15, -0.1) is 0 Å². The highest BCUT2D eigenvalue weighted by molar-refractivity contribution is 4.90. The van der Waals surface area contributed by atoms with Crippen LogP contribution in [0.15, 0.2) is 0 Å². The molecule has 1 rings (SSSR count). The zero-order valence-electron chi connectivity index (χ0n) is 6.37. The lowest BCUT2D eigenvalue weighted by molar-refractivity contribution is -0.258. The van der Waals surface area contributed by atoms with Crippen molar-refractivity contribution in [3.05, 3.63) is 0 Å². The van der Waals surface area contributed by atoms with Gasteiger partial charge < -0.3 is 30.9 Å². The second kappa shape index (κ2) is 3.65. The molecule has 1 aliphatic heterocycles. The Morgan fingerprint density at radius 3 is 2.25 bits per heavy atom. The molecule has 0 spiro atoms. The van der Waals surface area contributed by atoms with Gasteiger partial charge in [-0.05, 0) is 0 Å². The largest absolute Gasteiger partial charge is 0.394 e. The monoisotopic (exact) mass is 179 g/mol. The van der Waals surface area contributed by atoms with Gasteiger partial charge in [-0.3, -0.25) is 0 Å². The van der Waals surface area contributed by atoms with Crippen molar-refractivity contribution in [3.8, 4) is 0 Å². The molecule has 1 unspecified atom stereocenters. The van der Waals surface area contributed by atoms with Crippen LogP contribution >= 0.6 is 0 Å².